The molecular weight excluding hydrogens is 260 g/mol. The van der Waals surface area contributed by atoms with E-state index in [1.165, 1.54) is 50.4 Å². The van der Waals surface area contributed by atoms with Crippen LogP contribution in [0.5, 0.6) is 0 Å². The second-order valence-corrected chi connectivity index (χ2v) is 5.88. The Balaban J connectivity index is 1.45. The van der Waals surface area contributed by atoms with Gasteiger partial charge in [-0.15, -0.1) is 0 Å². The largest absolute Gasteiger partial charge is 0.306 e. The van der Waals surface area contributed by atoms with Crippen LogP contribution in [-0.2, 0) is 6.42 Å². The second-order valence-electron chi connectivity index (χ2n) is 5.88. The molecule has 0 spiro atoms. The molecule has 1 aromatic heterocycles. The number of aryl methyl sites for hydroxylation is 1. The number of hydrogen-bond acceptors (Lipinski definition) is 3. The van der Waals surface area contributed by atoms with Crippen LogP contribution in [-0.4, -0.2) is 59.1 Å². The van der Waals surface area contributed by atoms with E-state index in [-0.39, 0.29) is 0 Å². The van der Waals surface area contributed by atoms with Crippen LogP contribution in [0, 0.1) is 0 Å². The first kappa shape index (κ1) is 14.3. The summed E-state index contributed by atoms with van der Waals surface area (Å²) in [7, 11) is 2.21. The quantitative estimate of drug-likeness (QED) is 0.840. The molecule has 1 saturated heterocycles. The summed E-state index contributed by atoms with van der Waals surface area (Å²) in [6, 6.07) is 8.82. The Morgan fingerprint density at radius 1 is 1.05 bits per heavy atom. The van der Waals surface area contributed by atoms with Gasteiger partial charge in [0.2, 0.25) is 0 Å². The highest BCUT2D eigenvalue weighted by atomic mass is 15.2. The van der Waals surface area contributed by atoms with E-state index in [9.17, 15) is 0 Å². The standard InChI is InChI=1S/C17H24N4/c1-19-11-13-20(14-12-19)9-2-3-16-4-6-17(7-5-16)21-10-8-18-15-21/h4-8,10,15H,2-3,9,11-14H2,1H3. The molecule has 1 fully saturated rings. The van der Waals surface area contributed by atoms with E-state index in [0.29, 0.717) is 0 Å². The van der Waals surface area contributed by atoms with Crippen LogP contribution in [0.1, 0.15) is 12.0 Å². The lowest BCUT2D eigenvalue weighted by atomic mass is 10.1. The van der Waals surface area contributed by atoms with Crippen molar-refractivity contribution in [3.05, 3.63) is 48.5 Å². The van der Waals surface area contributed by atoms with E-state index in [2.05, 4.69) is 46.1 Å². The number of rotatable bonds is 5. The summed E-state index contributed by atoms with van der Waals surface area (Å²) in [6.07, 6.45) is 8.03. The Kier molecular flexibility index (Phi) is 4.68. The fraction of sp³-hybridized carbons (Fsp3) is 0.471. The minimum atomic E-state index is 1.16. The molecule has 4 nitrogen and oxygen atoms in total. The molecular formula is C17H24N4. The van der Waals surface area contributed by atoms with Crippen LogP contribution >= 0.6 is 0 Å². The van der Waals surface area contributed by atoms with Crippen molar-refractivity contribution < 1.29 is 0 Å². The minimum Gasteiger partial charge on any atom is -0.306 e. The lowest BCUT2D eigenvalue weighted by molar-refractivity contribution is 0.153. The van der Waals surface area contributed by atoms with Gasteiger partial charge < -0.3 is 14.4 Å². The molecule has 0 radical (unpaired) electrons. The van der Waals surface area contributed by atoms with Crippen molar-refractivity contribution in [2.75, 3.05) is 39.8 Å². The highest BCUT2D eigenvalue weighted by molar-refractivity contribution is 5.34. The maximum atomic E-state index is 4.08. The van der Waals surface area contributed by atoms with E-state index >= 15 is 0 Å². The fourth-order valence-corrected chi connectivity index (χ4v) is 2.82. The number of hydrogen-bond donors (Lipinski definition) is 0. The third kappa shape index (κ3) is 3.93. The Hall–Kier alpha value is -1.65. The van der Waals surface area contributed by atoms with Crippen molar-refractivity contribution in [3.8, 4) is 5.69 Å². The number of benzene rings is 1. The highest BCUT2D eigenvalue weighted by Gasteiger charge is 2.12. The second kappa shape index (κ2) is 6.87. The first-order chi connectivity index (χ1) is 10.3. The van der Waals surface area contributed by atoms with E-state index in [1.54, 1.807) is 0 Å². The van der Waals surface area contributed by atoms with E-state index < -0.39 is 0 Å². The van der Waals surface area contributed by atoms with Crippen LogP contribution in [0.3, 0.4) is 0 Å². The third-order valence-electron chi connectivity index (χ3n) is 4.27. The average Bonchev–Trinajstić information content (AvgIpc) is 3.04. The molecule has 0 bridgehead atoms. The molecule has 1 aliphatic rings. The van der Waals surface area contributed by atoms with Gasteiger partial charge in [-0.1, -0.05) is 12.1 Å². The maximum Gasteiger partial charge on any atom is 0.0991 e. The lowest BCUT2D eigenvalue weighted by Gasteiger charge is -2.32. The van der Waals surface area contributed by atoms with Gasteiger partial charge in [-0.2, -0.15) is 0 Å². The maximum absolute atomic E-state index is 4.08. The van der Waals surface area contributed by atoms with Crippen molar-refractivity contribution in [2.45, 2.75) is 12.8 Å². The van der Waals surface area contributed by atoms with Crippen LogP contribution in [0.2, 0.25) is 0 Å². The summed E-state index contributed by atoms with van der Waals surface area (Å²) in [5, 5.41) is 0. The zero-order valence-electron chi connectivity index (χ0n) is 12.8. The van der Waals surface area contributed by atoms with E-state index in [1.807, 2.05) is 23.3 Å². The van der Waals surface area contributed by atoms with Gasteiger partial charge in [0.15, 0.2) is 0 Å². The fourth-order valence-electron chi connectivity index (χ4n) is 2.82. The molecule has 3 rings (SSSR count). The molecule has 0 unspecified atom stereocenters. The van der Waals surface area contributed by atoms with Gasteiger partial charge in [-0.05, 0) is 44.1 Å². The summed E-state index contributed by atoms with van der Waals surface area (Å²) < 4.78 is 2.04. The topological polar surface area (TPSA) is 24.3 Å². The van der Waals surface area contributed by atoms with Gasteiger partial charge in [-0.3, -0.25) is 0 Å². The van der Waals surface area contributed by atoms with Crippen LogP contribution in [0.15, 0.2) is 43.0 Å². The smallest absolute Gasteiger partial charge is 0.0991 e. The Bertz CT molecular complexity index is 524. The zero-order chi connectivity index (χ0) is 14.5. The predicted molar refractivity (Wildman–Crippen MR) is 85.8 cm³/mol. The SMILES string of the molecule is CN1CCN(CCCc2ccc(-n3ccnc3)cc2)CC1. The monoisotopic (exact) mass is 284 g/mol. The Morgan fingerprint density at radius 2 is 1.81 bits per heavy atom. The normalized spacial score (nSPS) is 17.2. The third-order valence-corrected chi connectivity index (χ3v) is 4.27. The van der Waals surface area contributed by atoms with E-state index in [0.717, 1.165) is 6.42 Å². The first-order valence-corrected chi connectivity index (χ1v) is 7.79. The molecule has 0 aliphatic carbocycles. The summed E-state index contributed by atoms with van der Waals surface area (Å²) in [4.78, 5) is 9.07. The average molecular weight is 284 g/mol. The van der Waals surface area contributed by atoms with Crippen molar-refractivity contribution in [1.82, 2.24) is 19.4 Å². The van der Waals surface area contributed by atoms with Crippen molar-refractivity contribution >= 4 is 0 Å². The minimum absolute atomic E-state index is 1.16. The van der Waals surface area contributed by atoms with Crippen LogP contribution in [0.4, 0.5) is 0 Å². The van der Waals surface area contributed by atoms with Gasteiger partial charge >= 0.3 is 0 Å². The molecule has 1 aromatic carbocycles. The Labute approximate surface area is 127 Å². The van der Waals surface area contributed by atoms with Crippen LogP contribution in [0.25, 0.3) is 5.69 Å². The van der Waals surface area contributed by atoms with Gasteiger partial charge in [0.1, 0.15) is 0 Å². The summed E-state index contributed by atoms with van der Waals surface area (Å²) in [6.45, 7) is 6.07. The summed E-state index contributed by atoms with van der Waals surface area (Å²) >= 11 is 0. The van der Waals surface area contributed by atoms with E-state index in [4.69, 9.17) is 0 Å². The molecule has 0 amide bonds. The summed E-state index contributed by atoms with van der Waals surface area (Å²) in [5.41, 5.74) is 2.60. The first-order valence-electron chi connectivity index (χ1n) is 7.79. The molecule has 1 aliphatic heterocycles. The molecule has 0 saturated carbocycles. The molecule has 112 valence electrons. The molecule has 2 aromatic rings. The van der Waals surface area contributed by atoms with Crippen molar-refractivity contribution in [2.24, 2.45) is 0 Å². The van der Waals surface area contributed by atoms with Crippen molar-refractivity contribution in [1.29, 1.82) is 0 Å². The number of aromatic nitrogens is 2. The van der Waals surface area contributed by atoms with Gasteiger partial charge in [0.25, 0.3) is 0 Å². The molecule has 0 N–H and O–H groups in total. The lowest BCUT2D eigenvalue weighted by Crippen LogP contribution is -2.44. The van der Waals surface area contributed by atoms with Gasteiger partial charge in [0.05, 0.1) is 6.33 Å². The van der Waals surface area contributed by atoms with Gasteiger partial charge in [-0.25, -0.2) is 4.98 Å². The molecule has 2 heterocycles. The van der Waals surface area contributed by atoms with Gasteiger partial charge in [0, 0.05) is 44.3 Å². The predicted octanol–water partition coefficient (Wildman–Crippen LogP) is 2.05. The van der Waals surface area contributed by atoms with Crippen LogP contribution < -0.4 is 0 Å². The Morgan fingerprint density at radius 3 is 2.48 bits per heavy atom. The molecule has 0 atom stereocenters. The molecule has 21 heavy (non-hydrogen) atoms. The summed E-state index contributed by atoms with van der Waals surface area (Å²) in [5.74, 6) is 0. The highest BCUT2D eigenvalue weighted by Crippen LogP contribution is 2.11. The van der Waals surface area contributed by atoms with Crippen molar-refractivity contribution in [3.63, 3.8) is 0 Å². The molecule has 4 heteroatoms. The number of imidazole rings is 1. The number of piperazine rings is 1. The number of likely N-dealkylation sites (N-methyl/N-ethyl adjacent to an activating group) is 1. The zero-order valence-corrected chi connectivity index (χ0v) is 12.8. The number of nitrogens with zero attached hydrogens (tertiary/aromatic N) is 4.